The van der Waals surface area contributed by atoms with E-state index in [-0.39, 0.29) is 6.61 Å². The van der Waals surface area contributed by atoms with Crippen LogP contribution < -0.4 is 15.6 Å². The fourth-order valence-electron chi connectivity index (χ4n) is 1.93. The van der Waals surface area contributed by atoms with Crippen LogP contribution >= 0.6 is 0 Å². The third-order valence-corrected chi connectivity index (χ3v) is 3.38. The van der Waals surface area contributed by atoms with Crippen molar-refractivity contribution in [1.29, 1.82) is 0 Å². The Labute approximate surface area is 139 Å². The van der Waals surface area contributed by atoms with E-state index in [4.69, 9.17) is 9.47 Å². The van der Waals surface area contributed by atoms with E-state index in [1.165, 1.54) is 6.20 Å². The molecule has 0 fully saturated rings. The normalized spacial score (nSPS) is 11.6. The number of methoxy groups -OCH3 is 1. The summed E-state index contributed by atoms with van der Waals surface area (Å²) >= 11 is 0. The molecule has 0 aliphatic rings. The van der Waals surface area contributed by atoms with Crippen LogP contribution in [0.5, 0.6) is 5.75 Å². The summed E-state index contributed by atoms with van der Waals surface area (Å²) in [5.41, 5.74) is 6.51. The molecule has 1 atom stereocenters. The molecule has 0 bridgehead atoms. The summed E-state index contributed by atoms with van der Waals surface area (Å²) in [5, 5.41) is 6.40. The van der Waals surface area contributed by atoms with E-state index in [0.717, 1.165) is 11.3 Å². The number of rotatable bonds is 6. The van der Waals surface area contributed by atoms with Crippen molar-refractivity contribution < 1.29 is 19.1 Å². The number of hydrogen-bond donors (Lipinski definition) is 3. The Bertz CT molecular complexity index is 714. The monoisotopic (exact) mass is 332 g/mol. The number of aryl methyl sites for hydroxylation is 1. The maximum Gasteiger partial charge on any atom is 0.273 e. The largest absolute Gasteiger partial charge is 0.497 e. The second-order valence-electron chi connectivity index (χ2n) is 5.16. The quantitative estimate of drug-likeness (QED) is 0.687. The van der Waals surface area contributed by atoms with Crippen LogP contribution in [0.3, 0.4) is 0 Å². The van der Waals surface area contributed by atoms with Gasteiger partial charge in [-0.05, 0) is 31.5 Å². The number of carbonyl (C=O) groups excluding carboxylic acids is 2. The lowest BCUT2D eigenvalue weighted by atomic mass is 10.2. The van der Waals surface area contributed by atoms with E-state index in [9.17, 15) is 9.59 Å². The number of benzene rings is 1. The number of aromatic nitrogens is 2. The Morgan fingerprint density at radius 3 is 2.79 bits per heavy atom. The van der Waals surface area contributed by atoms with Gasteiger partial charge in [0.05, 0.1) is 25.5 Å². The van der Waals surface area contributed by atoms with E-state index >= 15 is 0 Å². The molecule has 8 nitrogen and oxygen atoms in total. The highest BCUT2D eigenvalue weighted by atomic mass is 16.5. The lowest BCUT2D eigenvalue weighted by Gasteiger charge is -2.14. The van der Waals surface area contributed by atoms with Gasteiger partial charge in [-0.15, -0.1) is 0 Å². The Balaban J connectivity index is 1.79. The number of aromatic amines is 1. The van der Waals surface area contributed by atoms with Crippen molar-refractivity contribution >= 4 is 11.8 Å². The number of nitrogens with one attached hydrogen (secondary N) is 3. The van der Waals surface area contributed by atoms with E-state index in [1.807, 2.05) is 24.3 Å². The second kappa shape index (κ2) is 8.11. The zero-order valence-electron chi connectivity index (χ0n) is 13.8. The standard InChI is InChI=1S/C16H20N4O4/c1-10-14(8-17-18-10)16(22)20-19-15(21)11(2)24-9-12-5-4-6-13(7-12)23-3/h4-8,11H,9H2,1-3H3,(H,17,18)(H,19,21)(H,20,22). The summed E-state index contributed by atoms with van der Waals surface area (Å²) in [5.74, 6) is -0.182. The number of ether oxygens (including phenoxy) is 2. The highest BCUT2D eigenvalue weighted by molar-refractivity contribution is 5.96. The molecule has 2 amide bonds. The van der Waals surface area contributed by atoms with Gasteiger partial charge in [-0.2, -0.15) is 5.10 Å². The molecular formula is C16H20N4O4. The average molecular weight is 332 g/mol. The Kier molecular flexibility index (Phi) is 5.91. The summed E-state index contributed by atoms with van der Waals surface area (Å²) in [6.07, 6.45) is 0.654. The fourth-order valence-corrected chi connectivity index (χ4v) is 1.93. The van der Waals surface area contributed by atoms with Gasteiger partial charge >= 0.3 is 0 Å². The van der Waals surface area contributed by atoms with Gasteiger partial charge in [-0.25, -0.2) is 0 Å². The molecule has 1 heterocycles. The summed E-state index contributed by atoms with van der Waals surface area (Å²) in [7, 11) is 1.58. The number of amides is 2. The van der Waals surface area contributed by atoms with Gasteiger partial charge in [0.1, 0.15) is 11.9 Å². The van der Waals surface area contributed by atoms with E-state index < -0.39 is 17.9 Å². The highest BCUT2D eigenvalue weighted by Gasteiger charge is 2.16. The molecule has 0 aliphatic carbocycles. The average Bonchev–Trinajstić information content (AvgIpc) is 3.03. The van der Waals surface area contributed by atoms with Gasteiger partial charge < -0.3 is 9.47 Å². The lowest BCUT2D eigenvalue weighted by Crippen LogP contribution is -2.46. The molecule has 1 unspecified atom stereocenters. The van der Waals surface area contributed by atoms with E-state index in [1.54, 1.807) is 21.0 Å². The SMILES string of the molecule is COc1cccc(COC(C)C(=O)NNC(=O)c2cn[nH]c2C)c1. The predicted octanol–water partition coefficient (Wildman–Crippen LogP) is 1.09. The third-order valence-electron chi connectivity index (χ3n) is 3.38. The molecule has 0 saturated heterocycles. The maximum absolute atomic E-state index is 11.9. The van der Waals surface area contributed by atoms with Gasteiger partial charge in [-0.1, -0.05) is 12.1 Å². The van der Waals surface area contributed by atoms with Crippen molar-refractivity contribution in [3.05, 3.63) is 47.3 Å². The summed E-state index contributed by atoms with van der Waals surface area (Å²) < 4.78 is 10.6. The fraction of sp³-hybridized carbons (Fsp3) is 0.312. The molecule has 24 heavy (non-hydrogen) atoms. The predicted molar refractivity (Wildman–Crippen MR) is 86.2 cm³/mol. The zero-order valence-corrected chi connectivity index (χ0v) is 13.8. The van der Waals surface area contributed by atoms with Gasteiger partial charge in [-0.3, -0.25) is 25.5 Å². The van der Waals surface area contributed by atoms with Crippen LogP contribution in [-0.4, -0.2) is 35.2 Å². The van der Waals surface area contributed by atoms with Gasteiger partial charge in [0.2, 0.25) is 0 Å². The number of H-pyrrole nitrogens is 1. The molecular weight excluding hydrogens is 312 g/mol. The smallest absolute Gasteiger partial charge is 0.273 e. The summed E-state index contributed by atoms with van der Waals surface area (Å²) in [6.45, 7) is 3.56. The Hall–Kier alpha value is -2.87. The molecule has 8 heteroatoms. The van der Waals surface area contributed by atoms with Crippen molar-refractivity contribution in [1.82, 2.24) is 21.0 Å². The van der Waals surface area contributed by atoms with Crippen LogP contribution in [0.4, 0.5) is 0 Å². The first-order valence-corrected chi connectivity index (χ1v) is 7.36. The molecule has 0 radical (unpaired) electrons. The maximum atomic E-state index is 11.9. The minimum atomic E-state index is -0.734. The molecule has 128 valence electrons. The van der Waals surface area contributed by atoms with Crippen LogP contribution in [0, 0.1) is 6.92 Å². The van der Waals surface area contributed by atoms with Crippen molar-refractivity contribution in [2.24, 2.45) is 0 Å². The van der Waals surface area contributed by atoms with Crippen LogP contribution in [0.15, 0.2) is 30.5 Å². The number of hydrazine groups is 1. The molecule has 2 aromatic rings. The van der Waals surface area contributed by atoms with Gasteiger partial charge in [0.15, 0.2) is 0 Å². The van der Waals surface area contributed by atoms with Crippen LogP contribution in [-0.2, 0) is 16.1 Å². The molecule has 3 N–H and O–H groups in total. The zero-order chi connectivity index (χ0) is 17.5. The molecule has 0 spiro atoms. The van der Waals surface area contributed by atoms with Crippen LogP contribution in [0.25, 0.3) is 0 Å². The van der Waals surface area contributed by atoms with Crippen molar-refractivity contribution in [3.8, 4) is 5.75 Å². The molecule has 0 aliphatic heterocycles. The molecule has 0 saturated carbocycles. The van der Waals surface area contributed by atoms with E-state index in [2.05, 4.69) is 21.0 Å². The molecule has 2 rings (SSSR count). The number of carbonyl (C=O) groups is 2. The highest BCUT2D eigenvalue weighted by Crippen LogP contribution is 2.13. The number of hydrogen-bond acceptors (Lipinski definition) is 5. The van der Waals surface area contributed by atoms with E-state index in [0.29, 0.717) is 11.3 Å². The minimum absolute atomic E-state index is 0.251. The Morgan fingerprint density at radius 1 is 1.33 bits per heavy atom. The topological polar surface area (TPSA) is 105 Å². The third kappa shape index (κ3) is 4.56. The summed E-state index contributed by atoms with van der Waals surface area (Å²) in [6, 6.07) is 7.37. The first-order chi connectivity index (χ1) is 11.5. The van der Waals surface area contributed by atoms with Crippen LogP contribution in [0.1, 0.15) is 28.5 Å². The van der Waals surface area contributed by atoms with Gasteiger partial charge in [0, 0.05) is 5.69 Å². The second-order valence-corrected chi connectivity index (χ2v) is 5.16. The first kappa shape index (κ1) is 17.5. The summed E-state index contributed by atoms with van der Waals surface area (Å²) in [4.78, 5) is 23.8. The van der Waals surface area contributed by atoms with Crippen molar-refractivity contribution in [2.45, 2.75) is 26.6 Å². The molecule has 1 aromatic heterocycles. The lowest BCUT2D eigenvalue weighted by molar-refractivity contribution is -0.133. The first-order valence-electron chi connectivity index (χ1n) is 7.36. The van der Waals surface area contributed by atoms with Crippen LogP contribution in [0.2, 0.25) is 0 Å². The van der Waals surface area contributed by atoms with Crippen molar-refractivity contribution in [3.63, 3.8) is 0 Å². The number of nitrogens with zero attached hydrogens (tertiary/aromatic N) is 1. The molecule has 1 aromatic carbocycles. The van der Waals surface area contributed by atoms with Gasteiger partial charge in [0.25, 0.3) is 11.8 Å². The Morgan fingerprint density at radius 2 is 2.12 bits per heavy atom. The van der Waals surface area contributed by atoms with Crippen molar-refractivity contribution in [2.75, 3.05) is 7.11 Å². The minimum Gasteiger partial charge on any atom is -0.497 e.